The van der Waals surface area contributed by atoms with E-state index in [1.54, 1.807) is 24.4 Å². The van der Waals surface area contributed by atoms with Crippen molar-refractivity contribution in [2.75, 3.05) is 0 Å². The van der Waals surface area contributed by atoms with Crippen molar-refractivity contribution in [3.05, 3.63) is 59.8 Å². The van der Waals surface area contributed by atoms with Crippen LogP contribution < -0.4 is 0 Å². The summed E-state index contributed by atoms with van der Waals surface area (Å²) in [6.45, 7) is 0. The van der Waals surface area contributed by atoms with Crippen LogP contribution in [0.15, 0.2) is 59.6 Å². The number of nitrogens with zero attached hydrogens (tertiary/aromatic N) is 1. The summed E-state index contributed by atoms with van der Waals surface area (Å²) in [5.74, 6) is 0. The van der Waals surface area contributed by atoms with E-state index in [9.17, 15) is 8.42 Å². The monoisotopic (exact) mass is 337 g/mol. The molecule has 106 valence electrons. The summed E-state index contributed by atoms with van der Waals surface area (Å²) < 4.78 is 22.8. The highest BCUT2D eigenvalue weighted by atomic mass is 35.7. The summed E-state index contributed by atoms with van der Waals surface area (Å²) in [5.41, 5.74) is 2.54. The van der Waals surface area contributed by atoms with Crippen LogP contribution in [0.25, 0.3) is 22.0 Å². The summed E-state index contributed by atoms with van der Waals surface area (Å²) in [5, 5.41) is 1.37. The summed E-state index contributed by atoms with van der Waals surface area (Å²) in [7, 11) is 1.62. The Morgan fingerprint density at radius 3 is 2.29 bits per heavy atom. The van der Waals surface area contributed by atoms with Gasteiger partial charge in [-0.05, 0) is 42.0 Å². The molecule has 0 aliphatic heterocycles. The second-order valence-corrected chi connectivity index (χ2v) is 7.53. The first kappa shape index (κ1) is 14.3. The molecule has 0 saturated heterocycles. The number of pyridine rings is 1. The molecule has 0 fully saturated rings. The summed E-state index contributed by atoms with van der Waals surface area (Å²) in [6, 6.07) is 13.8. The Morgan fingerprint density at radius 2 is 1.62 bits per heavy atom. The molecule has 0 aliphatic carbocycles. The van der Waals surface area contributed by atoms with E-state index >= 15 is 0 Å². The minimum Gasteiger partial charge on any atom is -0.256 e. The lowest BCUT2D eigenvalue weighted by atomic mass is 10.1. The zero-order valence-corrected chi connectivity index (χ0v) is 13.0. The molecule has 0 spiro atoms. The zero-order valence-electron chi connectivity index (χ0n) is 10.6. The first-order valence-corrected chi connectivity index (χ1v) is 8.73. The van der Waals surface area contributed by atoms with Gasteiger partial charge in [-0.3, -0.25) is 4.98 Å². The van der Waals surface area contributed by atoms with E-state index in [0.717, 1.165) is 11.1 Å². The van der Waals surface area contributed by atoms with Gasteiger partial charge < -0.3 is 0 Å². The van der Waals surface area contributed by atoms with Gasteiger partial charge in [-0.2, -0.15) is 0 Å². The van der Waals surface area contributed by atoms with E-state index in [1.165, 1.54) is 12.1 Å². The molecule has 2 aromatic carbocycles. The molecule has 0 amide bonds. The lowest BCUT2D eigenvalue weighted by Crippen LogP contribution is -1.91. The maximum Gasteiger partial charge on any atom is 0.261 e. The van der Waals surface area contributed by atoms with Crippen LogP contribution in [0.4, 0.5) is 0 Å². The van der Waals surface area contributed by atoms with Crippen molar-refractivity contribution in [3.8, 4) is 11.1 Å². The van der Waals surface area contributed by atoms with Gasteiger partial charge in [0.05, 0.1) is 10.4 Å². The van der Waals surface area contributed by atoms with Gasteiger partial charge in [0.25, 0.3) is 9.05 Å². The molecule has 3 rings (SSSR count). The second kappa shape index (κ2) is 5.30. The van der Waals surface area contributed by atoms with Gasteiger partial charge in [0, 0.05) is 32.9 Å². The smallest absolute Gasteiger partial charge is 0.256 e. The molecule has 0 atom stereocenters. The summed E-state index contributed by atoms with van der Waals surface area (Å²) >= 11 is 5.87. The molecule has 0 bridgehead atoms. The summed E-state index contributed by atoms with van der Waals surface area (Å²) in [4.78, 5) is 4.39. The van der Waals surface area contributed by atoms with Crippen LogP contribution in [0, 0.1) is 0 Å². The Morgan fingerprint density at radius 1 is 0.905 bits per heavy atom. The number of halogens is 2. The number of rotatable bonds is 2. The molecule has 0 radical (unpaired) electrons. The lowest BCUT2D eigenvalue weighted by Gasteiger charge is -2.05. The molecule has 3 nitrogen and oxygen atoms in total. The van der Waals surface area contributed by atoms with Crippen molar-refractivity contribution in [1.82, 2.24) is 4.98 Å². The van der Waals surface area contributed by atoms with Gasteiger partial charge in [-0.15, -0.1) is 0 Å². The fraction of sp³-hybridized carbons (Fsp3) is 0. The fourth-order valence-electron chi connectivity index (χ4n) is 2.06. The topological polar surface area (TPSA) is 47.0 Å². The molecule has 0 aliphatic rings. The van der Waals surface area contributed by atoms with Gasteiger partial charge in [0.2, 0.25) is 0 Å². The molecule has 0 saturated carbocycles. The van der Waals surface area contributed by atoms with E-state index in [1.807, 2.05) is 18.2 Å². The fourth-order valence-corrected chi connectivity index (χ4v) is 2.97. The van der Waals surface area contributed by atoms with Crippen LogP contribution in [0.5, 0.6) is 0 Å². The molecule has 1 heterocycles. The minimum absolute atomic E-state index is 0.0618. The predicted octanol–water partition coefficient (Wildman–Crippen LogP) is 4.48. The Balaban J connectivity index is 2.16. The van der Waals surface area contributed by atoms with Crippen molar-refractivity contribution < 1.29 is 8.42 Å². The SMILES string of the molecule is O=S(=O)(Cl)c1ccc2ncc(-c3ccc(Cl)cc3)cc2c1. The van der Waals surface area contributed by atoms with Crippen molar-refractivity contribution >= 4 is 42.2 Å². The number of aromatic nitrogens is 1. The van der Waals surface area contributed by atoms with Crippen LogP contribution >= 0.6 is 22.3 Å². The molecule has 0 N–H and O–H groups in total. The lowest BCUT2D eigenvalue weighted by molar-refractivity contribution is 0.609. The molecule has 21 heavy (non-hydrogen) atoms. The van der Waals surface area contributed by atoms with Crippen LogP contribution in [-0.2, 0) is 9.05 Å². The molecular formula is C15H9Cl2NO2S. The van der Waals surface area contributed by atoms with Crippen molar-refractivity contribution in [1.29, 1.82) is 0 Å². The Kier molecular flexibility index (Phi) is 3.61. The molecule has 6 heteroatoms. The third-order valence-corrected chi connectivity index (χ3v) is 4.72. The van der Waals surface area contributed by atoms with Crippen molar-refractivity contribution in [3.63, 3.8) is 0 Å². The third-order valence-electron chi connectivity index (χ3n) is 3.11. The number of benzene rings is 2. The first-order valence-electron chi connectivity index (χ1n) is 6.04. The third kappa shape index (κ3) is 3.02. The van der Waals surface area contributed by atoms with Gasteiger partial charge in [0.15, 0.2) is 0 Å². The van der Waals surface area contributed by atoms with E-state index in [4.69, 9.17) is 22.3 Å². The highest BCUT2D eigenvalue weighted by Gasteiger charge is 2.11. The maximum atomic E-state index is 11.4. The summed E-state index contributed by atoms with van der Waals surface area (Å²) in [6.07, 6.45) is 1.74. The van der Waals surface area contributed by atoms with Crippen LogP contribution in [0.1, 0.15) is 0 Å². The van der Waals surface area contributed by atoms with Gasteiger partial charge >= 0.3 is 0 Å². The number of fused-ring (bicyclic) bond motifs is 1. The average Bonchev–Trinajstić information content (AvgIpc) is 2.46. The molecule has 1 aromatic heterocycles. The van der Waals surface area contributed by atoms with Crippen LogP contribution in [0.3, 0.4) is 0 Å². The molecular weight excluding hydrogens is 329 g/mol. The predicted molar refractivity (Wildman–Crippen MR) is 85.2 cm³/mol. The highest BCUT2D eigenvalue weighted by Crippen LogP contribution is 2.26. The van der Waals surface area contributed by atoms with Crippen LogP contribution in [-0.4, -0.2) is 13.4 Å². The Bertz CT molecular complexity index is 922. The van der Waals surface area contributed by atoms with E-state index in [2.05, 4.69) is 4.98 Å². The van der Waals surface area contributed by atoms with Gasteiger partial charge in [-0.25, -0.2) is 8.42 Å². The first-order chi connectivity index (χ1) is 9.93. The minimum atomic E-state index is -3.75. The van der Waals surface area contributed by atoms with Crippen molar-refractivity contribution in [2.45, 2.75) is 4.90 Å². The average molecular weight is 338 g/mol. The van der Waals surface area contributed by atoms with Gasteiger partial charge in [0.1, 0.15) is 0 Å². The quantitative estimate of drug-likeness (QED) is 0.647. The maximum absolute atomic E-state index is 11.4. The van der Waals surface area contributed by atoms with E-state index in [-0.39, 0.29) is 4.90 Å². The highest BCUT2D eigenvalue weighted by molar-refractivity contribution is 8.13. The molecule has 3 aromatic rings. The van der Waals surface area contributed by atoms with E-state index < -0.39 is 9.05 Å². The second-order valence-electron chi connectivity index (χ2n) is 4.52. The number of hydrogen-bond acceptors (Lipinski definition) is 3. The molecule has 0 unspecified atom stereocenters. The normalized spacial score (nSPS) is 11.7. The zero-order chi connectivity index (χ0) is 15.0. The van der Waals surface area contributed by atoms with E-state index in [0.29, 0.717) is 15.9 Å². The van der Waals surface area contributed by atoms with Crippen molar-refractivity contribution in [2.24, 2.45) is 0 Å². The van der Waals surface area contributed by atoms with Gasteiger partial charge in [-0.1, -0.05) is 23.7 Å². The Hall–Kier alpha value is -1.62. The van der Waals surface area contributed by atoms with Crippen LogP contribution in [0.2, 0.25) is 5.02 Å². The Labute approximate surface area is 131 Å². The standard InChI is InChI=1S/C15H9Cl2NO2S/c16-13-3-1-10(2-4-13)12-7-11-8-14(21(17,19)20)5-6-15(11)18-9-12/h1-9H. The number of hydrogen-bond donors (Lipinski definition) is 0. The largest absolute Gasteiger partial charge is 0.261 e.